The zero-order valence-electron chi connectivity index (χ0n) is 8.82. The summed E-state index contributed by atoms with van der Waals surface area (Å²) in [5, 5.41) is 0. The summed E-state index contributed by atoms with van der Waals surface area (Å²) in [4.78, 5) is 0. The molecule has 1 aromatic carbocycles. The van der Waals surface area contributed by atoms with Crippen LogP contribution < -0.4 is 5.73 Å². The molecule has 0 spiro atoms. The molecule has 0 unspecified atom stereocenters. The number of halogens is 2. The third-order valence-corrected chi connectivity index (χ3v) is 4.16. The van der Waals surface area contributed by atoms with Crippen LogP contribution in [0.15, 0.2) is 16.6 Å². The fourth-order valence-electron chi connectivity index (χ4n) is 2.44. The van der Waals surface area contributed by atoms with Gasteiger partial charge < -0.3 is 5.73 Å². The van der Waals surface area contributed by atoms with Crippen LogP contribution in [0.4, 0.5) is 4.39 Å². The predicted molar refractivity (Wildman–Crippen MR) is 63.2 cm³/mol. The summed E-state index contributed by atoms with van der Waals surface area (Å²) in [5.74, 6) is -0.209. The third-order valence-electron chi connectivity index (χ3n) is 3.34. The first-order valence-electron chi connectivity index (χ1n) is 5.28. The fraction of sp³-hybridized carbons (Fsp3) is 0.500. The van der Waals surface area contributed by atoms with Gasteiger partial charge in [0.2, 0.25) is 0 Å². The summed E-state index contributed by atoms with van der Waals surface area (Å²) in [6.07, 6.45) is 4.21. The van der Waals surface area contributed by atoms with Gasteiger partial charge in [0.15, 0.2) is 0 Å². The van der Waals surface area contributed by atoms with Crippen molar-refractivity contribution in [2.75, 3.05) is 0 Å². The molecule has 15 heavy (non-hydrogen) atoms. The van der Waals surface area contributed by atoms with Gasteiger partial charge >= 0.3 is 0 Å². The standard InChI is InChI=1S/C12H15BrFN/c1-8-10(6-9(14)7-11(8)13)12(15)4-2-3-5-12/h6-7H,2-5,15H2,1H3. The molecule has 3 heteroatoms. The first-order chi connectivity index (χ1) is 7.03. The van der Waals surface area contributed by atoms with E-state index in [2.05, 4.69) is 15.9 Å². The van der Waals surface area contributed by atoms with Crippen LogP contribution in [0.3, 0.4) is 0 Å². The lowest BCUT2D eigenvalue weighted by molar-refractivity contribution is 0.454. The average Bonchev–Trinajstić information content (AvgIpc) is 2.59. The Morgan fingerprint density at radius 2 is 1.93 bits per heavy atom. The minimum Gasteiger partial charge on any atom is -0.321 e. The highest BCUT2D eigenvalue weighted by Gasteiger charge is 2.33. The highest BCUT2D eigenvalue weighted by molar-refractivity contribution is 9.10. The lowest BCUT2D eigenvalue weighted by Gasteiger charge is -2.26. The molecule has 0 bridgehead atoms. The summed E-state index contributed by atoms with van der Waals surface area (Å²) in [5.41, 5.74) is 8.06. The molecular formula is C12H15BrFN. The van der Waals surface area contributed by atoms with Gasteiger partial charge in [-0.15, -0.1) is 0 Å². The van der Waals surface area contributed by atoms with Crippen molar-refractivity contribution in [3.63, 3.8) is 0 Å². The molecule has 0 saturated heterocycles. The fourth-order valence-corrected chi connectivity index (χ4v) is 2.87. The largest absolute Gasteiger partial charge is 0.321 e. The van der Waals surface area contributed by atoms with Crippen molar-refractivity contribution in [2.45, 2.75) is 38.1 Å². The maximum Gasteiger partial charge on any atom is 0.124 e. The maximum absolute atomic E-state index is 13.3. The second-order valence-corrected chi connectivity index (χ2v) is 5.28. The van der Waals surface area contributed by atoms with E-state index in [-0.39, 0.29) is 11.4 Å². The van der Waals surface area contributed by atoms with Gasteiger partial charge in [-0.05, 0) is 43.0 Å². The molecule has 2 N–H and O–H groups in total. The van der Waals surface area contributed by atoms with Crippen molar-refractivity contribution in [2.24, 2.45) is 5.73 Å². The van der Waals surface area contributed by atoms with Crippen LogP contribution in [0.2, 0.25) is 0 Å². The van der Waals surface area contributed by atoms with Crippen molar-refractivity contribution in [1.29, 1.82) is 0 Å². The molecule has 0 aromatic heterocycles. The molecular weight excluding hydrogens is 257 g/mol. The van der Waals surface area contributed by atoms with Gasteiger partial charge in [-0.3, -0.25) is 0 Å². The van der Waals surface area contributed by atoms with E-state index in [0.717, 1.165) is 41.3 Å². The molecule has 82 valence electrons. The highest BCUT2D eigenvalue weighted by Crippen LogP contribution is 2.39. The minimum atomic E-state index is -0.311. The Balaban J connectivity index is 2.51. The molecule has 1 fully saturated rings. The zero-order valence-corrected chi connectivity index (χ0v) is 10.4. The van der Waals surface area contributed by atoms with E-state index in [1.165, 1.54) is 6.07 Å². The zero-order chi connectivity index (χ0) is 11.1. The highest BCUT2D eigenvalue weighted by atomic mass is 79.9. The molecule has 1 saturated carbocycles. The Morgan fingerprint density at radius 3 is 2.53 bits per heavy atom. The number of hydrogen-bond acceptors (Lipinski definition) is 1. The molecule has 0 radical (unpaired) electrons. The van der Waals surface area contributed by atoms with Gasteiger partial charge in [-0.1, -0.05) is 28.8 Å². The van der Waals surface area contributed by atoms with Gasteiger partial charge in [-0.2, -0.15) is 0 Å². The van der Waals surface area contributed by atoms with E-state index in [4.69, 9.17) is 5.73 Å². The average molecular weight is 272 g/mol. The number of nitrogens with two attached hydrogens (primary N) is 1. The third kappa shape index (κ3) is 1.95. The van der Waals surface area contributed by atoms with Crippen molar-refractivity contribution in [3.05, 3.63) is 33.5 Å². The van der Waals surface area contributed by atoms with E-state index >= 15 is 0 Å². The Hall–Kier alpha value is -0.410. The molecule has 2 rings (SSSR count). The molecule has 0 atom stereocenters. The van der Waals surface area contributed by atoms with Crippen LogP contribution in [0.25, 0.3) is 0 Å². The van der Waals surface area contributed by atoms with Gasteiger partial charge in [0.25, 0.3) is 0 Å². The second-order valence-electron chi connectivity index (χ2n) is 4.42. The monoisotopic (exact) mass is 271 g/mol. The van der Waals surface area contributed by atoms with Gasteiger partial charge in [0.1, 0.15) is 5.82 Å². The SMILES string of the molecule is Cc1c(Br)cc(F)cc1C1(N)CCCC1. The van der Waals surface area contributed by atoms with Crippen LogP contribution in [0, 0.1) is 12.7 Å². The van der Waals surface area contributed by atoms with E-state index in [0.29, 0.717) is 0 Å². The van der Waals surface area contributed by atoms with Crippen LogP contribution in [-0.4, -0.2) is 0 Å². The first kappa shape index (κ1) is 11.1. The Bertz CT molecular complexity index is 383. The van der Waals surface area contributed by atoms with Crippen LogP contribution in [0.5, 0.6) is 0 Å². The van der Waals surface area contributed by atoms with Crippen molar-refractivity contribution < 1.29 is 4.39 Å². The normalized spacial score (nSPS) is 19.5. The summed E-state index contributed by atoms with van der Waals surface area (Å²) >= 11 is 3.37. The molecule has 0 aliphatic heterocycles. The summed E-state index contributed by atoms with van der Waals surface area (Å²) < 4.78 is 14.2. The Kier molecular flexibility index (Phi) is 2.86. The summed E-state index contributed by atoms with van der Waals surface area (Å²) in [6.45, 7) is 1.99. The van der Waals surface area contributed by atoms with Gasteiger partial charge in [0, 0.05) is 10.0 Å². The van der Waals surface area contributed by atoms with Gasteiger partial charge in [0.05, 0.1) is 0 Å². The van der Waals surface area contributed by atoms with Crippen molar-refractivity contribution in [3.8, 4) is 0 Å². The molecule has 1 aromatic rings. The quantitative estimate of drug-likeness (QED) is 0.830. The van der Waals surface area contributed by atoms with E-state index in [1.54, 1.807) is 6.07 Å². The predicted octanol–water partition coefficient (Wildman–Crippen LogP) is 3.62. The lowest BCUT2D eigenvalue weighted by atomic mass is 9.86. The second kappa shape index (κ2) is 3.87. The molecule has 0 amide bonds. The number of rotatable bonds is 1. The van der Waals surface area contributed by atoms with Crippen LogP contribution >= 0.6 is 15.9 Å². The maximum atomic E-state index is 13.3. The summed E-state index contributed by atoms with van der Waals surface area (Å²) in [7, 11) is 0. The molecule has 1 aliphatic carbocycles. The molecule has 1 nitrogen and oxygen atoms in total. The van der Waals surface area contributed by atoms with E-state index < -0.39 is 0 Å². The lowest BCUT2D eigenvalue weighted by Crippen LogP contribution is -2.34. The number of hydrogen-bond donors (Lipinski definition) is 1. The molecule has 0 heterocycles. The molecule has 1 aliphatic rings. The van der Waals surface area contributed by atoms with Crippen LogP contribution in [0.1, 0.15) is 36.8 Å². The smallest absolute Gasteiger partial charge is 0.124 e. The van der Waals surface area contributed by atoms with E-state index in [9.17, 15) is 4.39 Å². The topological polar surface area (TPSA) is 26.0 Å². The van der Waals surface area contributed by atoms with Crippen LogP contribution in [-0.2, 0) is 5.54 Å². The van der Waals surface area contributed by atoms with Crippen molar-refractivity contribution in [1.82, 2.24) is 0 Å². The van der Waals surface area contributed by atoms with Crippen molar-refractivity contribution >= 4 is 15.9 Å². The van der Waals surface area contributed by atoms with Gasteiger partial charge in [-0.25, -0.2) is 4.39 Å². The minimum absolute atomic E-state index is 0.209. The summed E-state index contributed by atoms with van der Waals surface area (Å²) in [6, 6.07) is 3.09. The number of benzene rings is 1. The van der Waals surface area contributed by atoms with E-state index in [1.807, 2.05) is 6.92 Å². The first-order valence-corrected chi connectivity index (χ1v) is 6.07. The Labute approximate surface area is 98.0 Å². The Morgan fingerprint density at radius 1 is 1.33 bits per heavy atom.